The van der Waals surface area contributed by atoms with Gasteiger partial charge in [-0.25, -0.2) is 19.3 Å². The number of hydrogen-bond acceptors (Lipinski definition) is 6. The molecular formula is C26H22F4N8. The van der Waals surface area contributed by atoms with Crippen molar-refractivity contribution in [1.29, 1.82) is 0 Å². The number of piperazine rings is 1. The zero-order chi connectivity index (χ0) is 26.3. The molecule has 1 saturated heterocycles. The lowest BCUT2D eigenvalue weighted by atomic mass is 10.0. The molecule has 0 amide bonds. The molecule has 0 aliphatic carbocycles. The number of halogens is 4. The first kappa shape index (κ1) is 24.0. The molecule has 1 atom stereocenters. The van der Waals surface area contributed by atoms with Gasteiger partial charge in [-0.05, 0) is 35.9 Å². The number of nitrogens with zero attached hydrogens (tertiary/aromatic N) is 7. The van der Waals surface area contributed by atoms with E-state index in [1.54, 1.807) is 24.5 Å². The second-order valence-corrected chi connectivity index (χ2v) is 9.12. The Balaban J connectivity index is 1.29. The van der Waals surface area contributed by atoms with Gasteiger partial charge in [-0.15, -0.1) is 0 Å². The fourth-order valence-corrected chi connectivity index (χ4v) is 4.81. The van der Waals surface area contributed by atoms with Crippen LogP contribution in [0.3, 0.4) is 0 Å². The molecular weight excluding hydrogens is 500 g/mol. The van der Waals surface area contributed by atoms with E-state index in [1.807, 2.05) is 12.3 Å². The van der Waals surface area contributed by atoms with Crippen LogP contribution in [-0.2, 0) is 12.7 Å². The number of H-pyrrole nitrogens is 1. The smallest absolute Gasteiger partial charge is 0.353 e. The fraction of sp³-hybridized carbons (Fsp3) is 0.231. The maximum atomic E-state index is 13.8. The average molecular weight is 523 g/mol. The van der Waals surface area contributed by atoms with E-state index in [9.17, 15) is 17.6 Å². The molecule has 1 N–H and O–H groups in total. The highest BCUT2D eigenvalue weighted by Gasteiger charge is 2.32. The summed E-state index contributed by atoms with van der Waals surface area (Å²) in [5, 5.41) is 6.97. The third-order valence-corrected chi connectivity index (χ3v) is 6.70. The molecule has 194 valence electrons. The Morgan fingerprint density at radius 2 is 1.92 bits per heavy atom. The van der Waals surface area contributed by atoms with E-state index in [-0.39, 0.29) is 17.7 Å². The van der Waals surface area contributed by atoms with E-state index in [0.717, 1.165) is 23.4 Å². The van der Waals surface area contributed by atoms with E-state index in [2.05, 4.69) is 30.0 Å². The van der Waals surface area contributed by atoms with Gasteiger partial charge >= 0.3 is 6.18 Å². The van der Waals surface area contributed by atoms with Crippen LogP contribution in [0, 0.1) is 5.82 Å². The second-order valence-electron chi connectivity index (χ2n) is 9.12. The van der Waals surface area contributed by atoms with Crippen molar-refractivity contribution in [2.24, 2.45) is 0 Å². The van der Waals surface area contributed by atoms with E-state index < -0.39 is 11.7 Å². The molecule has 38 heavy (non-hydrogen) atoms. The van der Waals surface area contributed by atoms with Crippen molar-refractivity contribution in [2.45, 2.75) is 18.8 Å². The van der Waals surface area contributed by atoms with Gasteiger partial charge in [0.15, 0.2) is 5.82 Å². The molecule has 1 aliphatic rings. The molecule has 4 aromatic heterocycles. The van der Waals surface area contributed by atoms with E-state index in [4.69, 9.17) is 4.98 Å². The second kappa shape index (κ2) is 9.53. The summed E-state index contributed by atoms with van der Waals surface area (Å²) < 4.78 is 55.1. The number of alkyl halides is 3. The number of pyridine rings is 1. The van der Waals surface area contributed by atoms with Crippen LogP contribution in [0.1, 0.15) is 22.7 Å². The Morgan fingerprint density at radius 3 is 2.71 bits per heavy atom. The van der Waals surface area contributed by atoms with Gasteiger partial charge in [-0.1, -0.05) is 12.1 Å². The van der Waals surface area contributed by atoms with Crippen LogP contribution in [0.4, 0.5) is 23.4 Å². The van der Waals surface area contributed by atoms with Crippen LogP contribution in [0.15, 0.2) is 73.4 Å². The maximum absolute atomic E-state index is 13.8. The monoisotopic (exact) mass is 522 g/mol. The van der Waals surface area contributed by atoms with Gasteiger partial charge in [0.2, 0.25) is 0 Å². The molecule has 6 rings (SSSR count). The highest BCUT2D eigenvalue weighted by atomic mass is 19.4. The number of aromatic amines is 1. The Hall–Kier alpha value is -4.32. The van der Waals surface area contributed by atoms with Gasteiger partial charge in [0.1, 0.15) is 23.0 Å². The summed E-state index contributed by atoms with van der Waals surface area (Å²) >= 11 is 0. The molecule has 5 aromatic rings. The van der Waals surface area contributed by atoms with Crippen LogP contribution in [0.5, 0.6) is 0 Å². The number of aromatic nitrogens is 6. The van der Waals surface area contributed by atoms with Crippen molar-refractivity contribution in [1.82, 2.24) is 34.4 Å². The first-order valence-electron chi connectivity index (χ1n) is 11.9. The van der Waals surface area contributed by atoms with Crippen LogP contribution in [0.2, 0.25) is 0 Å². The number of fused-ring (bicyclic) bond motifs is 1. The Labute approximate surface area is 214 Å². The molecule has 0 radical (unpaired) electrons. The molecule has 5 heterocycles. The van der Waals surface area contributed by atoms with Gasteiger partial charge in [0.05, 0.1) is 24.0 Å². The predicted octanol–water partition coefficient (Wildman–Crippen LogP) is 4.74. The third-order valence-electron chi connectivity index (χ3n) is 6.70. The van der Waals surface area contributed by atoms with Crippen LogP contribution in [-0.4, -0.2) is 54.1 Å². The van der Waals surface area contributed by atoms with Crippen LogP contribution >= 0.6 is 0 Å². The molecule has 1 unspecified atom stereocenters. The van der Waals surface area contributed by atoms with Crippen molar-refractivity contribution < 1.29 is 17.6 Å². The summed E-state index contributed by atoms with van der Waals surface area (Å²) in [7, 11) is 0. The van der Waals surface area contributed by atoms with Gasteiger partial charge < -0.3 is 4.90 Å². The first-order valence-corrected chi connectivity index (χ1v) is 11.9. The predicted molar refractivity (Wildman–Crippen MR) is 132 cm³/mol. The Kier molecular flexibility index (Phi) is 6.03. The number of rotatable bonds is 5. The molecule has 1 aliphatic heterocycles. The molecule has 1 fully saturated rings. The lowest BCUT2D eigenvalue weighted by molar-refractivity contribution is -0.137. The first-order chi connectivity index (χ1) is 18.3. The quantitative estimate of drug-likeness (QED) is 0.336. The van der Waals surface area contributed by atoms with Crippen molar-refractivity contribution >= 4 is 11.5 Å². The summed E-state index contributed by atoms with van der Waals surface area (Å²) in [5.74, 6) is 0.650. The third kappa shape index (κ3) is 4.70. The summed E-state index contributed by atoms with van der Waals surface area (Å²) in [6.07, 6.45) is 3.21. The van der Waals surface area contributed by atoms with E-state index >= 15 is 0 Å². The van der Waals surface area contributed by atoms with Crippen molar-refractivity contribution in [3.8, 4) is 11.5 Å². The number of nitrogens with one attached hydrogen (secondary N) is 1. The summed E-state index contributed by atoms with van der Waals surface area (Å²) in [5.41, 5.74) is 1.82. The highest BCUT2D eigenvalue weighted by Crippen LogP contribution is 2.32. The maximum Gasteiger partial charge on any atom is 0.417 e. The molecule has 1 aromatic carbocycles. The number of anilines is 1. The number of imidazole rings is 1. The lowest BCUT2D eigenvalue weighted by Crippen LogP contribution is -2.48. The van der Waals surface area contributed by atoms with Crippen molar-refractivity contribution in [2.75, 3.05) is 24.5 Å². The van der Waals surface area contributed by atoms with Crippen LogP contribution < -0.4 is 4.90 Å². The summed E-state index contributed by atoms with van der Waals surface area (Å²) in [6.45, 7) is 2.47. The van der Waals surface area contributed by atoms with Crippen molar-refractivity contribution in [3.05, 3.63) is 96.0 Å². The zero-order valence-corrected chi connectivity index (χ0v) is 20.0. The minimum atomic E-state index is -4.48. The SMILES string of the molecule is Fc1cccc(CN2CCN(c3ccnc(-c4cnc5ccc(C(F)(F)F)cn45)n3)CC2c2cn[nH]c2)c1. The molecule has 0 bridgehead atoms. The van der Waals surface area contributed by atoms with Crippen molar-refractivity contribution in [3.63, 3.8) is 0 Å². The minimum Gasteiger partial charge on any atom is -0.353 e. The fourth-order valence-electron chi connectivity index (χ4n) is 4.81. The Bertz CT molecular complexity index is 1560. The lowest BCUT2D eigenvalue weighted by Gasteiger charge is -2.41. The van der Waals surface area contributed by atoms with Gasteiger partial charge in [-0.2, -0.15) is 18.3 Å². The highest BCUT2D eigenvalue weighted by molar-refractivity contribution is 5.59. The average Bonchev–Trinajstić information content (AvgIpc) is 3.59. The largest absolute Gasteiger partial charge is 0.417 e. The molecule has 12 heteroatoms. The zero-order valence-electron chi connectivity index (χ0n) is 20.0. The summed E-state index contributed by atoms with van der Waals surface area (Å²) in [6, 6.07) is 10.6. The molecule has 0 saturated carbocycles. The van der Waals surface area contributed by atoms with Gasteiger partial charge in [0.25, 0.3) is 0 Å². The summed E-state index contributed by atoms with van der Waals surface area (Å²) in [4.78, 5) is 17.6. The van der Waals surface area contributed by atoms with E-state index in [1.165, 1.54) is 28.8 Å². The van der Waals surface area contributed by atoms with E-state index in [0.29, 0.717) is 43.3 Å². The molecule has 0 spiro atoms. The van der Waals surface area contributed by atoms with Gasteiger partial charge in [-0.3, -0.25) is 14.4 Å². The standard InChI is InChI=1S/C26H22F4N8/c27-20-3-1-2-17(10-20)14-36-8-9-37(16-22(36)18-11-33-34-12-18)24-6-7-31-25(35-24)21-13-32-23-5-4-19(15-38(21)23)26(28,29)30/h1-7,10-13,15,22H,8-9,14,16H2,(H,33,34). The Morgan fingerprint density at radius 1 is 1.03 bits per heavy atom. The number of benzene rings is 1. The van der Waals surface area contributed by atoms with Gasteiger partial charge in [0, 0.05) is 50.3 Å². The number of hydrogen-bond donors (Lipinski definition) is 1. The van der Waals surface area contributed by atoms with Crippen LogP contribution in [0.25, 0.3) is 17.2 Å². The normalized spacial score (nSPS) is 16.8. The minimum absolute atomic E-state index is 0.0469. The topological polar surface area (TPSA) is 78.2 Å². The molecule has 8 nitrogen and oxygen atoms in total.